The highest BCUT2D eigenvalue weighted by atomic mass is 35.5. The lowest BCUT2D eigenvalue weighted by Crippen LogP contribution is -2.65. The molecule has 2 aromatic heterocycles. The van der Waals surface area contributed by atoms with Gasteiger partial charge in [-0.25, -0.2) is 0 Å². The summed E-state index contributed by atoms with van der Waals surface area (Å²) < 4.78 is 7.48. The summed E-state index contributed by atoms with van der Waals surface area (Å²) >= 11 is 6.41. The van der Waals surface area contributed by atoms with Gasteiger partial charge in [-0.3, -0.25) is 14.5 Å². The first kappa shape index (κ1) is 20.9. The Morgan fingerprint density at radius 3 is 2.59 bits per heavy atom. The molecule has 0 saturated heterocycles. The van der Waals surface area contributed by atoms with Gasteiger partial charge < -0.3 is 14.3 Å². The summed E-state index contributed by atoms with van der Waals surface area (Å²) in [7, 11) is 0. The van der Waals surface area contributed by atoms with Gasteiger partial charge in [-0.05, 0) is 68.7 Å². The Labute approximate surface area is 192 Å². The van der Waals surface area contributed by atoms with Gasteiger partial charge in [-0.2, -0.15) is 0 Å². The molecule has 0 radical (unpaired) electrons. The van der Waals surface area contributed by atoms with E-state index in [1.54, 1.807) is 23.3 Å². The van der Waals surface area contributed by atoms with Gasteiger partial charge in [0.25, 0.3) is 5.91 Å². The Balaban J connectivity index is 1.62. The molecule has 1 fully saturated rings. The number of benzene rings is 1. The number of fused-ring (bicyclic) bond motifs is 1. The number of anilines is 1. The van der Waals surface area contributed by atoms with E-state index in [0.29, 0.717) is 28.7 Å². The largest absolute Gasteiger partial charge is 0.463 e. The molecular formula is C25H26ClN3O3. The summed E-state index contributed by atoms with van der Waals surface area (Å²) in [6, 6.07) is 13.0. The zero-order chi connectivity index (χ0) is 22.5. The number of nitrogens with one attached hydrogen (secondary N) is 1. The second-order valence-electron chi connectivity index (χ2n) is 8.97. The van der Waals surface area contributed by atoms with Gasteiger partial charge in [-0.1, -0.05) is 30.5 Å². The molecule has 1 atom stereocenters. The lowest BCUT2D eigenvalue weighted by atomic mass is 9.93. The van der Waals surface area contributed by atoms with Crippen LogP contribution in [0.2, 0.25) is 5.02 Å². The molecule has 1 aliphatic heterocycles. The van der Waals surface area contributed by atoms with Gasteiger partial charge in [0.05, 0.1) is 18.5 Å². The molecule has 0 unspecified atom stereocenters. The van der Waals surface area contributed by atoms with Crippen molar-refractivity contribution in [2.24, 2.45) is 0 Å². The molecule has 6 nitrogen and oxygen atoms in total. The number of aromatic nitrogens is 1. The quantitative estimate of drug-likeness (QED) is 0.593. The van der Waals surface area contributed by atoms with Crippen LogP contribution in [0.15, 0.2) is 53.1 Å². The van der Waals surface area contributed by atoms with Crippen LogP contribution in [0, 0.1) is 6.92 Å². The maximum absolute atomic E-state index is 13.8. The number of furan rings is 1. The van der Waals surface area contributed by atoms with Crippen LogP contribution in [0.25, 0.3) is 11.5 Å². The first-order valence-corrected chi connectivity index (χ1v) is 11.4. The third-order valence-electron chi connectivity index (χ3n) is 6.73. The highest BCUT2D eigenvalue weighted by Gasteiger charge is 2.49. The molecule has 32 heavy (non-hydrogen) atoms. The fourth-order valence-corrected chi connectivity index (χ4v) is 5.06. The van der Waals surface area contributed by atoms with Crippen molar-refractivity contribution >= 4 is 29.1 Å². The minimum Gasteiger partial charge on any atom is -0.463 e. The molecule has 2 aliphatic rings. The van der Waals surface area contributed by atoms with E-state index in [-0.39, 0.29) is 17.9 Å². The van der Waals surface area contributed by atoms with E-state index < -0.39 is 5.54 Å². The first-order valence-electron chi connectivity index (χ1n) is 11.0. The van der Waals surface area contributed by atoms with E-state index in [0.717, 1.165) is 36.9 Å². The van der Waals surface area contributed by atoms with Crippen molar-refractivity contribution in [2.75, 3.05) is 4.90 Å². The SMILES string of the molecule is Cc1ccc(N2C(=O)c3ccc(-c4ccco4)n3C[C@@]2(C)C(=O)NC2CCCC2)cc1Cl. The van der Waals surface area contributed by atoms with Crippen molar-refractivity contribution in [1.29, 1.82) is 0 Å². The van der Waals surface area contributed by atoms with Crippen LogP contribution in [0.1, 0.15) is 48.7 Å². The number of rotatable bonds is 4. The van der Waals surface area contributed by atoms with Crippen molar-refractivity contribution in [2.45, 2.75) is 57.7 Å². The van der Waals surface area contributed by atoms with Gasteiger partial charge in [0, 0.05) is 16.8 Å². The van der Waals surface area contributed by atoms with Crippen LogP contribution < -0.4 is 10.2 Å². The Bertz CT molecular complexity index is 1180. The van der Waals surface area contributed by atoms with Crippen molar-refractivity contribution in [3.63, 3.8) is 0 Å². The zero-order valence-electron chi connectivity index (χ0n) is 18.2. The number of carbonyl (C=O) groups excluding carboxylic acids is 2. The summed E-state index contributed by atoms with van der Waals surface area (Å²) in [4.78, 5) is 29.1. The van der Waals surface area contributed by atoms with Gasteiger partial charge in [0.15, 0.2) is 0 Å². The predicted octanol–water partition coefficient (Wildman–Crippen LogP) is 5.19. The monoisotopic (exact) mass is 451 g/mol. The third-order valence-corrected chi connectivity index (χ3v) is 7.14. The van der Waals surface area contributed by atoms with E-state index in [1.807, 2.05) is 48.7 Å². The molecule has 1 N–H and O–H groups in total. The lowest BCUT2D eigenvalue weighted by Gasteiger charge is -2.44. The fourth-order valence-electron chi connectivity index (χ4n) is 4.89. The van der Waals surface area contributed by atoms with Crippen molar-refractivity contribution < 1.29 is 14.0 Å². The number of carbonyl (C=O) groups is 2. The van der Waals surface area contributed by atoms with Crippen LogP contribution in [-0.4, -0.2) is 28.0 Å². The average molecular weight is 452 g/mol. The number of aryl methyl sites for hydroxylation is 1. The number of halogens is 1. The van der Waals surface area contributed by atoms with E-state index in [1.165, 1.54) is 0 Å². The van der Waals surface area contributed by atoms with Crippen LogP contribution in [0.5, 0.6) is 0 Å². The van der Waals surface area contributed by atoms with Crippen LogP contribution in [-0.2, 0) is 11.3 Å². The summed E-state index contributed by atoms with van der Waals surface area (Å²) in [6.45, 7) is 4.05. The average Bonchev–Trinajstić information content (AvgIpc) is 3.52. The second-order valence-corrected chi connectivity index (χ2v) is 9.38. The molecule has 1 aliphatic carbocycles. The normalized spacial score (nSPS) is 21.1. The van der Waals surface area contributed by atoms with E-state index >= 15 is 0 Å². The lowest BCUT2D eigenvalue weighted by molar-refractivity contribution is -0.127. The Kier molecular flexibility index (Phi) is 5.13. The summed E-state index contributed by atoms with van der Waals surface area (Å²) in [5.41, 5.74) is 1.69. The maximum atomic E-state index is 13.8. The zero-order valence-corrected chi connectivity index (χ0v) is 19.0. The molecule has 5 rings (SSSR count). The summed E-state index contributed by atoms with van der Waals surface area (Å²) in [5, 5.41) is 3.77. The Hall–Kier alpha value is -2.99. The molecular weight excluding hydrogens is 426 g/mol. The molecule has 0 spiro atoms. The smallest absolute Gasteiger partial charge is 0.275 e. The molecule has 1 aromatic carbocycles. The van der Waals surface area contributed by atoms with Crippen LogP contribution >= 0.6 is 11.6 Å². The molecule has 3 heterocycles. The van der Waals surface area contributed by atoms with Crippen molar-refractivity contribution in [3.8, 4) is 11.5 Å². The highest BCUT2D eigenvalue weighted by Crippen LogP contribution is 2.38. The van der Waals surface area contributed by atoms with Crippen molar-refractivity contribution in [1.82, 2.24) is 9.88 Å². The van der Waals surface area contributed by atoms with Gasteiger partial charge in [0.1, 0.15) is 17.0 Å². The van der Waals surface area contributed by atoms with Crippen LogP contribution in [0.4, 0.5) is 5.69 Å². The van der Waals surface area contributed by atoms with Gasteiger partial charge >= 0.3 is 0 Å². The third kappa shape index (κ3) is 3.34. The Morgan fingerprint density at radius 1 is 1.16 bits per heavy atom. The first-order chi connectivity index (χ1) is 15.4. The highest BCUT2D eigenvalue weighted by molar-refractivity contribution is 6.31. The van der Waals surface area contributed by atoms with Crippen molar-refractivity contribution in [3.05, 3.63) is 65.0 Å². The second kappa shape index (κ2) is 7.85. The minimum absolute atomic E-state index is 0.147. The molecule has 0 bridgehead atoms. The fraction of sp³-hybridized carbons (Fsp3) is 0.360. The molecule has 2 amide bonds. The standard InChI is InChI=1S/C25H26ClN3O3/c1-16-9-10-18(14-19(16)26)29-23(30)21-12-11-20(22-8-5-13-32-22)28(21)15-25(29,2)24(31)27-17-6-3-4-7-17/h5,8-14,17H,3-4,6-7,15H2,1-2H3,(H,27,31)/t25-/m0/s1. The molecule has 1 saturated carbocycles. The van der Waals surface area contributed by atoms with Crippen LogP contribution in [0.3, 0.4) is 0 Å². The summed E-state index contributed by atoms with van der Waals surface area (Å²) in [5.74, 6) is 0.270. The number of hydrogen-bond donors (Lipinski definition) is 1. The molecule has 166 valence electrons. The Morgan fingerprint density at radius 2 is 1.91 bits per heavy atom. The predicted molar refractivity (Wildman–Crippen MR) is 124 cm³/mol. The summed E-state index contributed by atoms with van der Waals surface area (Å²) in [6.07, 6.45) is 5.77. The number of amides is 2. The molecule has 7 heteroatoms. The molecule has 3 aromatic rings. The minimum atomic E-state index is -1.13. The topological polar surface area (TPSA) is 67.5 Å². The van der Waals surface area contributed by atoms with E-state index in [4.69, 9.17) is 16.0 Å². The van der Waals surface area contributed by atoms with E-state index in [9.17, 15) is 9.59 Å². The van der Waals surface area contributed by atoms with Gasteiger partial charge in [-0.15, -0.1) is 0 Å². The maximum Gasteiger partial charge on any atom is 0.275 e. The van der Waals surface area contributed by atoms with Gasteiger partial charge in [0.2, 0.25) is 5.91 Å². The van der Waals surface area contributed by atoms with E-state index in [2.05, 4.69) is 5.32 Å². The number of nitrogens with zero attached hydrogens (tertiary/aromatic N) is 2. The number of hydrogen-bond acceptors (Lipinski definition) is 3.